The molecule has 4 nitrogen and oxygen atoms in total. The average Bonchev–Trinajstić information content (AvgIpc) is 2.59. The van der Waals surface area contributed by atoms with E-state index in [9.17, 15) is 17.6 Å². The van der Waals surface area contributed by atoms with E-state index < -0.39 is 23.3 Å². The normalized spacial score (nSPS) is 12.3. The Bertz CT molecular complexity index is 854. The molecule has 2 unspecified atom stereocenters. The minimum atomic E-state index is -0.906. The molecule has 0 bridgehead atoms. The molecule has 0 amide bonds. The van der Waals surface area contributed by atoms with Gasteiger partial charge in [0.15, 0.2) is 0 Å². The molecule has 2 N–H and O–H groups in total. The standard InChI is InChI=1S/C16H7F4N2.C5H12O2.Ir/c17-11-3-9(4-12(18)7-11)15-16(22-2-1-21-15)10-5-13(19)8-14(20)6-10;1-4(6)3-5(2)7;/h1-5,7-8H;4-7H,3H2,1-2H3;/q-1;;. The zero-order valence-electron chi connectivity index (χ0n) is 16.0. The van der Waals surface area contributed by atoms with Gasteiger partial charge in [0.1, 0.15) is 11.6 Å². The molecule has 0 aliphatic heterocycles. The second kappa shape index (κ2) is 11.9. The molecule has 1 aromatic heterocycles. The van der Waals surface area contributed by atoms with Crippen LogP contribution in [0.25, 0.3) is 22.5 Å². The van der Waals surface area contributed by atoms with Crippen molar-refractivity contribution in [2.45, 2.75) is 32.5 Å². The molecule has 0 saturated heterocycles. The van der Waals surface area contributed by atoms with Crippen LogP contribution in [0.5, 0.6) is 0 Å². The number of halogens is 4. The molecule has 3 rings (SSSR count). The second-order valence-corrected chi connectivity index (χ2v) is 6.41. The number of hydrogen-bond acceptors (Lipinski definition) is 4. The first-order chi connectivity index (χ1) is 13.7. The molecule has 0 aliphatic carbocycles. The number of aromatic nitrogens is 2. The fourth-order valence-corrected chi connectivity index (χ4v) is 2.56. The van der Waals surface area contributed by atoms with Crippen LogP contribution in [0.15, 0.2) is 42.7 Å². The SMILES string of the molecule is CC(O)CC(C)O.Fc1[c-]c(-c2nccnc2-c2cc(F)cc(F)c2)cc(F)c1.[Ir]. The van der Waals surface area contributed by atoms with Crippen molar-refractivity contribution in [1.29, 1.82) is 0 Å². The molecule has 0 fully saturated rings. The predicted molar refractivity (Wildman–Crippen MR) is 99.6 cm³/mol. The first-order valence-electron chi connectivity index (χ1n) is 8.68. The van der Waals surface area contributed by atoms with Crippen LogP contribution < -0.4 is 0 Å². The number of aliphatic hydroxyl groups is 2. The monoisotopic (exact) mass is 600 g/mol. The van der Waals surface area contributed by atoms with Crippen LogP contribution in [0.2, 0.25) is 0 Å². The van der Waals surface area contributed by atoms with Crippen LogP contribution >= 0.6 is 0 Å². The third-order valence-electron chi connectivity index (χ3n) is 3.57. The maximum Gasteiger partial charge on any atom is 0.126 e. The molecule has 1 radical (unpaired) electrons. The van der Waals surface area contributed by atoms with Gasteiger partial charge in [0.25, 0.3) is 0 Å². The van der Waals surface area contributed by atoms with Crippen molar-refractivity contribution in [3.8, 4) is 22.5 Å². The summed E-state index contributed by atoms with van der Waals surface area (Å²) >= 11 is 0. The summed E-state index contributed by atoms with van der Waals surface area (Å²) < 4.78 is 53.4. The Balaban J connectivity index is 0.000000489. The molecule has 0 aliphatic rings. The van der Waals surface area contributed by atoms with Crippen molar-refractivity contribution in [1.82, 2.24) is 9.97 Å². The first kappa shape index (κ1) is 25.8. The van der Waals surface area contributed by atoms with Crippen LogP contribution in [0.4, 0.5) is 17.6 Å². The van der Waals surface area contributed by atoms with E-state index >= 15 is 0 Å². The van der Waals surface area contributed by atoms with Gasteiger partial charge < -0.3 is 15.2 Å². The van der Waals surface area contributed by atoms with Gasteiger partial charge in [0.05, 0.1) is 17.9 Å². The summed E-state index contributed by atoms with van der Waals surface area (Å²) in [4.78, 5) is 8.00. The Morgan fingerprint density at radius 2 is 1.30 bits per heavy atom. The van der Waals surface area contributed by atoms with E-state index in [1.165, 1.54) is 12.4 Å². The number of nitrogens with zero attached hydrogens (tertiary/aromatic N) is 2. The zero-order chi connectivity index (χ0) is 21.6. The fourth-order valence-electron chi connectivity index (χ4n) is 2.56. The number of benzene rings is 2. The second-order valence-electron chi connectivity index (χ2n) is 6.41. The van der Waals surface area contributed by atoms with Crippen LogP contribution in [-0.4, -0.2) is 32.4 Å². The van der Waals surface area contributed by atoms with Gasteiger partial charge in [0, 0.05) is 55.9 Å². The third kappa shape index (κ3) is 7.91. The third-order valence-corrected chi connectivity index (χ3v) is 3.57. The predicted octanol–water partition coefficient (Wildman–Crippen LogP) is 4.30. The van der Waals surface area contributed by atoms with E-state index in [1.807, 2.05) is 0 Å². The largest absolute Gasteiger partial charge is 0.393 e. The van der Waals surface area contributed by atoms with Crippen molar-refractivity contribution in [2.24, 2.45) is 0 Å². The summed E-state index contributed by atoms with van der Waals surface area (Å²) in [5, 5.41) is 17.1. The van der Waals surface area contributed by atoms with Gasteiger partial charge in [-0.3, -0.25) is 4.98 Å². The van der Waals surface area contributed by atoms with Crippen molar-refractivity contribution < 1.29 is 47.9 Å². The van der Waals surface area contributed by atoms with Crippen molar-refractivity contribution in [3.05, 3.63) is 72.1 Å². The molecular formula is C21H19F4IrN2O2-. The molecule has 0 spiro atoms. The summed E-state index contributed by atoms with van der Waals surface area (Å²) in [7, 11) is 0. The van der Waals surface area contributed by atoms with Crippen LogP contribution in [0, 0.1) is 29.3 Å². The van der Waals surface area contributed by atoms with Crippen LogP contribution in [0.1, 0.15) is 20.3 Å². The van der Waals surface area contributed by atoms with Crippen molar-refractivity contribution in [2.75, 3.05) is 0 Å². The Labute approximate surface area is 185 Å². The number of hydrogen-bond donors (Lipinski definition) is 2. The van der Waals surface area contributed by atoms with E-state index in [0.29, 0.717) is 18.6 Å². The summed E-state index contributed by atoms with van der Waals surface area (Å²) in [6.07, 6.45) is 2.35. The fraction of sp³-hybridized carbons (Fsp3) is 0.238. The smallest absolute Gasteiger partial charge is 0.126 e. The molecule has 0 saturated carbocycles. The van der Waals surface area contributed by atoms with Crippen LogP contribution in [-0.2, 0) is 20.1 Å². The molecule has 9 heteroatoms. The zero-order valence-corrected chi connectivity index (χ0v) is 18.4. The van der Waals surface area contributed by atoms with Gasteiger partial charge >= 0.3 is 0 Å². The molecule has 163 valence electrons. The molecule has 1 heterocycles. The molecular weight excluding hydrogens is 580 g/mol. The van der Waals surface area contributed by atoms with E-state index in [-0.39, 0.29) is 54.8 Å². The number of aliphatic hydroxyl groups excluding tert-OH is 2. The molecule has 30 heavy (non-hydrogen) atoms. The Morgan fingerprint density at radius 1 is 0.800 bits per heavy atom. The van der Waals surface area contributed by atoms with Gasteiger partial charge in [-0.15, -0.1) is 17.7 Å². The summed E-state index contributed by atoms with van der Waals surface area (Å²) in [5.74, 6) is -3.30. The molecule has 3 aromatic rings. The van der Waals surface area contributed by atoms with E-state index in [2.05, 4.69) is 16.0 Å². The van der Waals surface area contributed by atoms with Gasteiger partial charge in [-0.1, -0.05) is 6.07 Å². The summed E-state index contributed by atoms with van der Waals surface area (Å²) in [6, 6.07) is 6.83. The number of rotatable bonds is 4. The van der Waals surface area contributed by atoms with Crippen molar-refractivity contribution in [3.63, 3.8) is 0 Å². The van der Waals surface area contributed by atoms with Gasteiger partial charge in [-0.05, 0) is 38.0 Å². The summed E-state index contributed by atoms with van der Waals surface area (Å²) in [6.45, 7) is 3.32. The maximum absolute atomic E-state index is 13.4. The molecule has 2 atom stereocenters. The maximum atomic E-state index is 13.4. The van der Waals surface area contributed by atoms with E-state index in [0.717, 1.165) is 18.2 Å². The Hall–Kier alpha value is -2.19. The minimum absolute atomic E-state index is 0. The molecule has 2 aromatic carbocycles. The topological polar surface area (TPSA) is 66.2 Å². The van der Waals surface area contributed by atoms with Crippen LogP contribution in [0.3, 0.4) is 0 Å². The van der Waals surface area contributed by atoms with E-state index in [1.54, 1.807) is 13.8 Å². The Morgan fingerprint density at radius 3 is 1.77 bits per heavy atom. The van der Waals surface area contributed by atoms with Gasteiger partial charge in [-0.25, -0.2) is 17.6 Å². The summed E-state index contributed by atoms with van der Waals surface area (Å²) in [5.41, 5.74) is 0.289. The Kier molecular flexibility index (Phi) is 10.2. The average molecular weight is 600 g/mol. The minimum Gasteiger partial charge on any atom is -0.393 e. The van der Waals surface area contributed by atoms with Crippen molar-refractivity contribution >= 4 is 0 Å². The first-order valence-corrected chi connectivity index (χ1v) is 8.68. The quantitative estimate of drug-likeness (QED) is 0.347. The van der Waals surface area contributed by atoms with Gasteiger partial charge in [-0.2, -0.15) is 0 Å². The van der Waals surface area contributed by atoms with Gasteiger partial charge in [0.2, 0.25) is 0 Å². The van der Waals surface area contributed by atoms with E-state index in [4.69, 9.17) is 10.2 Å².